The van der Waals surface area contributed by atoms with Gasteiger partial charge in [0.05, 0.1) is 7.11 Å². The highest BCUT2D eigenvalue weighted by molar-refractivity contribution is 9.10. The van der Waals surface area contributed by atoms with E-state index in [9.17, 15) is 4.79 Å². The Kier molecular flexibility index (Phi) is 6.87. The van der Waals surface area contributed by atoms with Gasteiger partial charge in [-0.05, 0) is 53.0 Å². The maximum absolute atomic E-state index is 13.5. The van der Waals surface area contributed by atoms with Crippen molar-refractivity contribution in [3.63, 3.8) is 0 Å². The lowest BCUT2D eigenvalue weighted by atomic mass is 9.73. The first-order valence-corrected chi connectivity index (χ1v) is 13.7. The van der Waals surface area contributed by atoms with Gasteiger partial charge >= 0.3 is 0 Å². The number of carbonyl (C=O) groups is 1. The highest BCUT2D eigenvalue weighted by Gasteiger charge is 2.42. The van der Waals surface area contributed by atoms with E-state index in [-0.39, 0.29) is 17.2 Å². The van der Waals surface area contributed by atoms with Crippen LogP contribution < -0.4 is 14.8 Å². The van der Waals surface area contributed by atoms with Crippen LogP contribution >= 0.6 is 27.7 Å². The number of allylic oxidation sites excluding steroid dienone is 2. The van der Waals surface area contributed by atoms with E-state index < -0.39 is 0 Å². The number of anilines is 1. The van der Waals surface area contributed by atoms with Crippen molar-refractivity contribution in [2.75, 3.05) is 18.2 Å². The third kappa shape index (κ3) is 4.91. The van der Waals surface area contributed by atoms with Crippen LogP contribution in [0.15, 0.2) is 63.4 Å². The summed E-state index contributed by atoms with van der Waals surface area (Å²) in [6, 6.07) is 13.5. The number of nitrogens with zero attached hydrogens (tertiary/aromatic N) is 3. The van der Waals surface area contributed by atoms with Crippen LogP contribution in [0, 0.1) is 5.41 Å². The molecule has 5 rings (SSSR count). The molecule has 0 saturated carbocycles. The highest BCUT2D eigenvalue weighted by atomic mass is 79.9. The molecule has 1 aliphatic carbocycles. The summed E-state index contributed by atoms with van der Waals surface area (Å²) in [5.74, 6) is 2.91. The lowest BCUT2D eigenvalue weighted by Gasteiger charge is -2.38. The summed E-state index contributed by atoms with van der Waals surface area (Å²) in [6.45, 7) is 6.74. The van der Waals surface area contributed by atoms with Gasteiger partial charge in [-0.15, -0.1) is 5.10 Å². The number of rotatable bonds is 7. The second kappa shape index (κ2) is 9.94. The van der Waals surface area contributed by atoms with E-state index in [0.717, 1.165) is 39.0 Å². The molecule has 36 heavy (non-hydrogen) atoms. The summed E-state index contributed by atoms with van der Waals surface area (Å²) in [4.78, 5) is 18.2. The lowest BCUT2D eigenvalue weighted by molar-refractivity contribution is -0.118. The monoisotopic (exact) mass is 568 g/mol. The number of ether oxygens (including phenoxy) is 2. The standard InChI is InChI=1S/C27H29BrN4O3S/c1-5-36-26-30-25-29-19-13-27(2,3)14-20(33)23(19)24(32(25)31-26)17-9-10-21(22(12-17)34-4)35-15-16-7-6-8-18(28)11-16/h6-12,24H,5,13-15H2,1-4H3,(H,29,30,31). The summed E-state index contributed by atoms with van der Waals surface area (Å²) in [6.07, 6.45) is 1.27. The van der Waals surface area contributed by atoms with E-state index in [1.165, 1.54) is 0 Å². The SMILES string of the molecule is CCSc1nc2n(n1)C(c1ccc(OCc3cccc(Br)c3)c(OC)c1)C1=C(CC(C)(C)CC1=O)N2. The van der Waals surface area contributed by atoms with Crippen molar-refractivity contribution in [3.05, 3.63) is 69.3 Å². The Morgan fingerprint density at radius 1 is 1.19 bits per heavy atom. The molecular weight excluding hydrogens is 540 g/mol. The van der Waals surface area contributed by atoms with Gasteiger partial charge in [0.2, 0.25) is 11.1 Å². The first-order chi connectivity index (χ1) is 17.3. The third-order valence-electron chi connectivity index (χ3n) is 6.37. The minimum Gasteiger partial charge on any atom is -0.493 e. The van der Waals surface area contributed by atoms with Crippen molar-refractivity contribution in [3.8, 4) is 11.5 Å². The fourth-order valence-electron chi connectivity index (χ4n) is 4.85. The Hall–Kier alpha value is -2.78. The molecule has 0 fully saturated rings. The normalized spacial score (nSPS) is 18.4. The minimum atomic E-state index is -0.383. The highest BCUT2D eigenvalue weighted by Crippen LogP contribution is 2.46. The molecule has 7 nitrogen and oxygen atoms in total. The van der Waals surface area contributed by atoms with Gasteiger partial charge in [-0.3, -0.25) is 4.79 Å². The average Bonchev–Trinajstić information content (AvgIpc) is 3.23. The van der Waals surface area contributed by atoms with Crippen LogP contribution in [0.1, 0.15) is 50.8 Å². The molecule has 2 heterocycles. The molecule has 188 valence electrons. The Balaban J connectivity index is 1.53. The molecule has 3 aromatic rings. The van der Waals surface area contributed by atoms with Crippen LogP contribution in [0.3, 0.4) is 0 Å². The number of ketones is 1. The number of halogens is 1. The van der Waals surface area contributed by atoms with Gasteiger partial charge in [0.15, 0.2) is 17.3 Å². The van der Waals surface area contributed by atoms with Crippen LogP contribution in [0.2, 0.25) is 0 Å². The molecule has 9 heteroatoms. The molecule has 1 aliphatic heterocycles. The van der Waals surface area contributed by atoms with Crippen molar-refractivity contribution in [1.82, 2.24) is 14.8 Å². The van der Waals surface area contributed by atoms with E-state index in [1.807, 2.05) is 47.1 Å². The molecule has 1 atom stereocenters. The fraction of sp³-hybridized carbons (Fsp3) is 0.370. The largest absolute Gasteiger partial charge is 0.493 e. The van der Waals surface area contributed by atoms with Crippen LogP contribution in [0.5, 0.6) is 11.5 Å². The zero-order chi connectivity index (χ0) is 25.4. The molecule has 2 aromatic carbocycles. The topological polar surface area (TPSA) is 78.3 Å². The molecule has 0 spiro atoms. The van der Waals surface area contributed by atoms with Gasteiger partial charge in [-0.2, -0.15) is 4.98 Å². The predicted molar refractivity (Wildman–Crippen MR) is 145 cm³/mol. The van der Waals surface area contributed by atoms with Crippen LogP contribution in [0.4, 0.5) is 5.95 Å². The Morgan fingerprint density at radius 3 is 2.78 bits per heavy atom. The third-order valence-corrected chi connectivity index (χ3v) is 7.59. The summed E-state index contributed by atoms with van der Waals surface area (Å²) in [5.41, 5.74) is 3.53. The Bertz CT molecular complexity index is 1350. The van der Waals surface area contributed by atoms with Crippen LogP contribution in [-0.2, 0) is 11.4 Å². The molecule has 1 aromatic heterocycles. The number of aromatic nitrogens is 3. The summed E-state index contributed by atoms with van der Waals surface area (Å²) >= 11 is 5.08. The summed E-state index contributed by atoms with van der Waals surface area (Å²) in [7, 11) is 1.63. The average molecular weight is 570 g/mol. The number of hydrogen-bond acceptors (Lipinski definition) is 7. The van der Waals surface area contributed by atoms with Crippen molar-refractivity contribution >= 4 is 39.4 Å². The first kappa shape index (κ1) is 24.9. The number of nitrogens with one attached hydrogen (secondary N) is 1. The first-order valence-electron chi connectivity index (χ1n) is 12.0. The zero-order valence-corrected chi connectivity index (χ0v) is 23.2. The second-order valence-electron chi connectivity index (χ2n) is 9.79. The van der Waals surface area contributed by atoms with Crippen LogP contribution in [-0.4, -0.2) is 33.4 Å². The Morgan fingerprint density at radius 2 is 2.03 bits per heavy atom. The van der Waals surface area contributed by atoms with Gasteiger partial charge < -0.3 is 14.8 Å². The molecule has 1 unspecified atom stereocenters. The van der Waals surface area contributed by atoms with Crippen molar-refractivity contribution in [2.45, 2.75) is 51.4 Å². The van der Waals surface area contributed by atoms with Crippen molar-refractivity contribution in [1.29, 1.82) is 0 Å². The van der Waals surface area contributed by atoms with E-state index in [4.69, 9.17) is 19.6 Å². The minimum absolute atomic E-state index is 0.113. The number of carbonyl (C=O) groups excluding carboxylic acids is 1. The van der Waals surface area contributed by atoms with Gasteiger partial charge in [0, 0.05) is 22.2 Å². The molecule has 0 saturated heterocycles. The van der Waals surface area contributed by atoms with Gasteiger partial charge in [-0.1, -0.05) is 66.7 Å². The summed E-state index contributed by atoms with van der Waals surface area (Å²) < 4.78 is 14.7. The van der Waals surface area contributed by atoms with E-state index in [0.29, 0.717) is 35.6 Å². The van der Waals surface area contributed by atoms with Crippen molar-refractivity contribution < 1.29 is 14.3 Å². The van der Waals surface area contributed by atoms with Gasteiger partial charge in [-0.25, -0.2) is 4.68 Å². The number of methoxy groups -OCH3 is 1. The number of fused-ring (bicyclic) bond motifs is 1. The molecule has 0 bridgehead atoms. The van der Waals surface area contributed by atoms with E-state index in [2.05, 4.69) is 42.0 Å². The molecule has 0 amide bonds. The molecule has 1 N–H and O–H groups in total. The molecule has 0 radical (unpaired) electrons. The van der Waals surface area contributed by atoms with Crippen LogP contribution in [0.25, 0.3) is 0 Å². The van der Waals surface area contributed by atoms with E-state index in [1.54, 1.807) is 18.9 Å². The quantitative estimate of drug-likeness (QED) is 0.330. The number of Topliss-reactive ketones (excluding diaryl/α,β-unsaturated/α-hetero) is 1. The Labute approximate surface area is 223 Å². The maximum atomic E-state index is 13.5. The smallest absolute Gasteiger partial charge is 0.227 e. The number of thioether (sulfide) groups is 1. The number of hydrogen-bond donors (Lipinski definition) is 1. The van der Waals surface area contributed by atoms with E-state index >= 15 is 0 Å². The molecule has 2 aliphatic rings. The summed E-state index contributed by atoms with van der Waals surface area (Å²) in [5, 5.41) is 8.88. The molecular formula is C27H29BrN4O3S. The second-order valence-corrected chi connectivity index (χ2v) is 11.9. The van der Waals surface area contributed by atoms with Gasteiger partial charge in [0.1, 0.15) is 12.6 Å². The maximum Gasteiger partial charge on any atom is 0.227 e. The predicted octanol–water partition coefficient (Wildman–Crippen LogP) is 6.40. The zero-order valence-electron chi connectivity index (χ0n) is 20.8. The van der Waals surface area contributed by atoms with Crippen molar-refractivity contribution in [2.24, 2.45) is 5.41 Å². The number of benzene rings is 2. The fourth-order valence-corrected chi connectivity index (χ4v) is 5.85. The lowest BCUT2D eigenvalue weighted by Crippen LogP contribution is -2.36. The van der Waals surface area contributed by atoms with Gasteiger partial charge in [0.25, 0.3) is 0 Å².